The van der Waals surface area contributed by atoms with E-state index in [9.17, 15) is 10.1 Å². The average molecular weight is 378 g/mol. The Morgan fingerprint density at radius 3 is 2.83 bits per heavy atom. The van der Waals surface area contributed by atoms with Crippen LogP contribution in [0.3, 0.4) is 0 Å². The lowest BCUT2D eigenvalue weighted by Crippen LogP contribution is -2.07. The van der Waals surface area contributed by atoms with Crippen molar-refractivity contribution in [3.8, 4) is 28.3 Å². The first-order valence-electron chi connectivity index (χ1n) is 9.10. The molecule has 0 atom stereocenters. The normalized spacial score (nSPS) is 10.5. The zero-order valence-corrected chi connectivity index (χ0v) is 15.9. The summed E-state index contributed by atoms with van der Waals surface area (Å²) in [7, 11) is 0. The Balaban J connectivity index is 1.81. The van der Waals surface area contributed by atoms with Crippen molar-refractivity contribution in [3.63, 3.8) is 0 Å². The molecule has 0 fully saturated rings. The largest absolute Gasteiger partial charge is 0.346 e. The summed E-state index contributed by atoms with van der Waals surface area (Å²) in [5.74, 6) is -0.250. The van der Waals surface area contributed by atoms with Crippen LogP contribution in [0.5, 0.6) is 0 Å². The van der Waals surface area contributed by atoms with E-state index in [1.165, 1.54) is 6.08 Å². The fraction of sp³-hybridized carbons (Fsp3) is 0.0417. The highest BCUT2D eigenvalue weighted by molar-refractivity contribution is 6.00. The molecule has 2 N–H and O–H groups in total. The molecule has 2 aromatic heterocycles. The second-order valence-corrected chi connectivity index (χ2v) is 6.80. The number of pyridine rings is 1. The number of amides is 1. The number of aromatic amines is 1. The van der Waals surface area contributed by atoms with Crippen molar-refractivity contribution < 1.29 is 4.79 Å². The van der Waals surface area contributed by atoms with Gasteiger partial charge in [0.2, 0.25) is 5.91 Å². The zero-order valence-electron chi connectivity index (χ0n) is 15.9. The van der Waals surface area contributed by atoms with Crippen LogP contribution in [0, 0.1) is 18.3 Å². The molecule has 0 bridgehead atoms. The van der Waals surface area contributed by atoms with Crippen LogP contribution < -0.4 is 5.32 Å². The maximum Gasteiger partial charge on any atom is 0.247 e. The SMILES string of the molecule is C=CC(=O)Nc1cc(C)cc(-c2cnc3[nH]cc(-c4cccc(C#N)c4)c3c2)c1. The van der Waals surface area contributed by atoms with Gasteiger partial charge >= 0.3 is 0 Å². The number of benzene rings is 2. The summed E-state index contributed by atoms with van der Waals surface area (Å²) in [5.41, 5.74) is 6.96. The predicted octanol–water partition coefficient (Wildman–Crippen LogP) is 5.20. The fourth-order valence-electron chi connectivity index (χ4n) is 3.37. The number of rotatable bonds is 4. The third-order valence-corrected chi connectivity index (χ3v) is 4.70. The van der Waals surface area contributed by atoms with Crippen LogP contribution in [-0.4, -0.2) is 15.9 Å². The Labute approximate surface area is 168 Å². The van der Waals surface area contributed by atoms with Crippen molar-refractivity contribution >= 4 is 22.6 Å². The van der Waals surface area contributed by atoms with Crippen LogP contribution in [0.4, 0.5) is 5.69 Å². The highest BCUT2D eigenvalue weighted by Crippen LogP contribution is 2.32. The van der Waals surface area contributed by atoms with E-state index in [1.54, 1.807) is 6.07 Å². The summed E-state index contributed by atoms with van der Waals surface area (Å²) >= 11 is 0. The Hall–Kier alpha value is -4.17. The molecule has 0 saturated carbocycles. The van der Waals surface area contributed by atoms with Crippen LogP contribution in [0.2, 0.25) is 0 Å². The van der Waals surface area contributed by atoms with Crippen molar-refractivity contribution in [1.29, 1.82) is 5.26 Å². The van der Waals surface area contributed by atoms with Gasteiger partial charge in [-0.1, -0.05) is 24.8 Å². The van der Waals surface area contributed by atoms with Gasteiger partial charge in [0.05, 0.1) is 11.6 Å². The van der Waals surface area contributed by atoms with Crippen molar-refractivity contribution in [2.75, 3.05) is 5.32 Å². The molecule has 140 valence electrons. The number of anilines is 1. The standard InChI is InChI=1S/C24H18N4O/c1-3-23(29)28-20-8-15(2)7-18(10-20)19-11-21-22(14-27-24(21)26-13-19)17-6-4-5-16(9-17)12-25/h3-11,13-14H,1H2,2H3,(H,26,27)(H,28,29). The summed E-state index contributed by atoms with van der Waals surface area (Å²) in [5, 5.41) is 13.0. The predicted molar refractivity (Wildman–Crippen MR) is 115 cm³/mol. The molecule has 1 amide bonds. The number of nitriles is 1. The van der Waals surface area contributed by atoms with E-state index < -0.39 is 0 Å². The number of hydrogen-bond acceptors (Lipinski definition) is 3. The monoisotopic (exact) mass is 378 g/mol. The number of H-pyrrole nitrogens is 1. The minimum absolute atomic E-state index is 0.250. The van der Waals surface area contributed by atoms with Gasteiger partial charge in [0, 0.05) is 34.6 Å². The first-order chi connectivity index (χ1) is 14.1. The third kappa shape index (κ3) is 3.64. The van der Waals surface area contributed by atoms with E-state index in [0.29, 0.717) is 11.3 Å². The molecule has 0 aliphatic carbocycles. The summed E-state index contributed by atoms with van der Waals surface area (Å²) in [6.45, 7) is 5.47. The van der Waals surface area contributed by atoms with Crippen molar-refractivity contribution in [3.05, 3.63) is 84.7 Å². The molecule has 4 aromatic rings. The third-order valence-electron chi connectivity index (χ3n) is 4.70. The Morgan fingerprint density at radius 2 is 2.03 bits per heavy atom. The molecule has 2 aromatic carbocycles. The van der Waals surface area contributed by atoms with Crippen molar-refractivity contribution in [1.82, 2.24) is 9.97 Å². The smallest absolute Gasteiger partial charge is 0.247 e. The molecular weight excluding hydrogens is 360 g/mol. The molecule has 4 rings (SSSR count). The van der Waals surface area contributed by atoms with Gasteiger partial charge in [0.1, 0.15) is 5.65 Å². The van der Waals surface area contributed by atoms with Crippen LogP contribution >= 0.6 is 0 Å². The molecule has 0 aliphatic rings. The Kier molecular flexibility index (Phi) is 4.68. The lowest BCUT2D eigenvalue weighted by Gasteiger charge is -2.09. The molecule has 2 heterocycles. The number of aromatic nitrogens is 2. The molecule has 0 spiro atoms. The van der Waals surface area contributed by atoms with Crippen molar-refractivity contribution in [2.45, 2.75) is 6.92 Å². The summed E-state index contributed by atoms with van der Waals surface area (Å²) in [4.78, 5) is 19.4. The zero-order chi connectivity index (χ0) is 20.4. The summed E-state index contributed by atoms with van der Waals surface area (Å²) in [6.07, 6.45) is 4.96. The van der Waals surface area contributed by atoms with Crippen LogP contribution in [0.15, 0.2) is 73.6 Å². The van der Waals surface area contributed by atoms with E-state index in [0.717, 1.165) is 38.9 Å². The molecular formula is C24H18N4O. The number of nitrogens with one attached hydrogen (secondary N) is 2. The van der Waals surface area contributed by atoms with Gasteiger partial charge in [-0.3, -0.25) is 4.79 Å². The fourth-order valence-corrected chi connectivity index (χ4v) is 3.37. The van der Waals surface area contributed by atoms with Gasteiger partial charge in [-0.15, -0.1) is 0 Å². The Morgan fingerprint density at radius 1 is 1.17 bits per heavy atom. The Bertz CT molecular complexity index is 1290. The molecule has 5 nitrogen and oxygen atoms in total. The summed E-state index contributed by atoms with van der Waals surface area (Å²) in [6, 6.07) is 17.6. The van der Waals surface area contributed by atoms with Crippen LogP contribution in [-0.2, 0) is 4.79 Å². The van der Waals surface area contributed by atoms with Crippen LogP contribution in [0.1, 0.15) is 11.1 Å². The molecule has 0 unspecified atom stereocenters. The minimum atomic E-state index is -0.250. The van der Waals surface area contributed by atoms with Gasteiger partial charge < -0.3 is 10.3 Å². The second kappa shape index (κ2) is 7.45. The van der Waals surface area contributed by atoms with E-state index >= 15 is 0 Å². The van der Waals surface area contributed by atoms with Gasteiger partial charge in [-0.05, 0) is 60.0 Å². The van der Waals surface area contributed by atoms with E-state index in [2.05, 4.69) is 40.1 Å². The number of hydrogen-bond donors (Lipinski definition) is 2. The summed E-state index contributed by atoms with van der Waals surface area (Å²) < 4.78 is 0. The highest BCUT2D eigenvalue weighted by Gasteiger charge is 2.11. The van der Waals surface area contributed by atoms with Gasteiger partial charge in [-0.25, -0.2) is 4.98 Å². The lowest BCUT2D eigenvalue weighted by atomic mass is 10.00. The molecule has 0 aliphatic heterocycles. The first kappa shape index (κ1) is 18.2. The maximum absolute atomic E-state index is 11.7. The highest BCUT2D eigenvalue weighted by atomic mass is 16.1. The van der Waals surface area contributed by atoms with E-state index in [1.807, 2.05) is 49.6 Å². The van der Waals surface area contributed by atoms with Crippen molar-refractivity contribution in [2.24, 2.45) is 0 Å². The lowest BCUT2D eigenvalue weighted by molar-refractivity contribution is -0.111. The number of aryl methyl sites for hydroxylation is 1. The molecule has 0 radical (unpaired) electrons. The number of carbonyl (C=O) groups excluding carboxylic acids is 1. The first-order valence-corrected chi connectivity index (χ1v) is 9.10. The van der Waals surface area contributed by atoms with Gasteiger partial charge in [0.25, 0.3) is 0 Å². The second-order valence-electron chi connectivity index (χ2n) is 6.80. The van der Waals surface area contributed by atoms with E-state index in [-0.39, 0.29) is 5.91 Å². The molecule has 0 saturated heterocycles. The number of nitrogens with zero attached hydrogens (tertiary/aromatic N) is 2. The number of fused-ring (bicyclic) bond motifs is 1. The van der Waals surface area contributed by atoms with E-state index in [4.69, 9.17) is 0 Å². The molecule has 5 heteroatoms. The molecule has 29 heavy (non-hydrogen) atoms. The quantitative estimate of drug-likeness (QED) is 0.479. The van der Waals surface area contributed by atoms with Crippen LogP contribution in [0.25, 0.3) is 33.3 Å². The number of carbonyl (C=O) groups is 1. The van der Waals surface area contributed by atoms with Gasteiger partial charge in [-0.2, -0.15) is 5.26 Å². The topological polar surface area (TPSA) is 81.6 Å². The van der Waals surface area contributed by atoms with Gasteiger partial charge in [0.15, 0.2) is 0 Å². The minimum Gasteiger partial charge on any atom is -0.346 e. The maximum atomic E-state index is 11.7. The average Bonchev–Trinajstić information content (AvgIpc) is 3.16.